The fourth-order valence-electron chi connectivity index (χ4n) is 3.54. The number of rotatable bonds is 11. The van der Waals surface area contributed by atoms with Gasteiger partial charge in [-0.05, 0) is 52.5 Å². The molecule has 0 aliphatic heterocycles. The highest BCUT2D eigenvalue weighted by Crippen LogP contribution is 2.29. The van der Waals surface area contributed by atoms with Crippen LogP contribution in [0, 0.1) is 17.6 Å². The molecule has 7 nitrogen and oxygen atoms in total. The third kappa shape index (κ3) is 7.78. The second-order valence-electron chi connectivity index (χ2n) is 8.60. The number of aromatic nitrogens is 3. The molecule has 1 heterocycles. The molecule has 2 aromatic carbocycles. The lowest BCUT2D eigenvalue weighted by Gasteiger charge is -2.21. The van der Waals surface area contributed by atoms with Crippen LogP contribution in [-0.2, 0) is 11.3 Å². The summed E-state index contributed by atoms with van der Waals surface area (Å²) in [5.41, 5.74) is 0.107. The summed E-state index contributed by atoms with van der Waals surface area (Å²) in [6, 6.07) is 5.83. The average Bonchev–Trinajstić information content (AvgIpc) is 3.22. The van der Waals surface area contributed by atoms with Gasteiger partial charge in [-0.2, -0.15) is 0 Å². The van der Waals surface area contributed by atoms with E-state index < -0.39 is 29.5 Å². The molecule has 2 N–H and O–H groups in total. The van der Waals surface area contributed by atoms with E-state index in [-0.39, 0.29) is 32.4 Å². The zero-order valence-electron chi connectivity index (χ0n) is 20.4. The predicted octanol–water partition coefficient (Wildman–Crippen LogP) is 7.06. The number of carbonyl (C=O) groups excluding carboxylic acids is 2. The van der Waals surface area contributed by atoms with Crippen molar-refractivity contribution in [3.63, 3.8) is 0 Å². The monoisotopic (exact) mass is 645 g/mol. The first-order valence-corrected chi connectivity index (χ1v) is 13.9. The van der Waals surface area contributed by atoms with Crippen LogP contribution >= 0.6 is 50.9 Å². The molecule has 0 fully saturated rings. The summed E-state index contributed by atoms with van der Waals surface area (Å²) < 4.78 is 29.3. The van der Waals surface area contributed by atoms with E-state index in [9.17, 15) is 18.4 Å². The standard InChI is InChI=1S/C25H24BrCl2F2N5O2S/c1-4-7-35-23(20(8-13(2)3)31-24(37)16-6-5-14(27)9-18(16)28)33-34-25(35)38-12-21(36)32-22-17(26)10-15(29)11-19(22)30/h4-6,9-11,13,20H,1,7-8,12H2,2-3H3,(H,31,37)(H,32,36)/t20-/m0/s1. The topological polar surface area (TPSA) is 88.9 Å². The minimum Gasteiger partial charge on any atom is -0.342 e. The second-order valence-corrected chi connectivity index (χ2v) is 11.2. The van der Waals surface area contributed by atoms with Crippen molar-refractivity contribution in [2.45, 2.75) is 38.0 Å². The van der Waals surface area contributed by atoms with E-state index >= 15 is 0 Å². The lowest BCUT2D eigenvalue weighted by atomic mass is 10.0. The van der Waals surface area contributed by atoms with Crippen molar-refractivity contribution in [3.8, 4) is 0 Å². The second kappa shape index (κ2) is 13.5. The molecule has 0 unspecified atom stereocenters. The van der Waals surface area contributed by atoms with Crippen molar-refractivity contribution in [2.75, 3.05) is 11.1 Å². The zero-order chi connectivity index (χ0) is 28.0. The Labute approximate surface area is 241 Å². The Kier molecular flexibility index (Phi) is 10.7. The third-order valence-electron chi connectivity index (χ3n) is 5.16. The highest BCUT2D eigenvalue weighted by molar-refractivity contribution is 9.10. The maximum atomic E-state index is 14.1. The summed E-state index contributed by atoms with van der Waals surface area (Å²) >= 11 is 16.3. The van der Waals surface area contributed by atoms with Crippen LogP contribution in [0.4, 0.5) is 14.5 Å². The van der Waals surface area contributed by atoms with Gasteiger partial charge in [0.05, 0.1) is 28.1 Å². The Hall–Kier alpha value is -2.47. The molecule has 1 atom stereocenters. The van der Waals surface area contributed by atoms with Crippen LogP contribution in [0.1, 0.15) is 42.5 Å². The van der Waals surface area contributed by atoms with E-state index in [0.29, 0.717) is 35.0 Å². The molecule has 3 rings (SSSR count). The van der Waals surface area contributed by atoms with E-state index in [1.165, 1.54) is 6.07 Å². The number of anilines is 1. The van der Waals surface area contributed by atoms with Crippen molar-refractivity contribution in [1.29, 1.82) is 0 Å². The Morgan fingerprint density at radius 2 is 1.95 bits per heavy atom. The lowest BCUT2D eigenvalue weighted by Crippen LogP contribution is -2.32. The van der Waals surface area contributed by atoms with Crippen LogP contribution in [0.3, 0.4) is 0 Å². The van der Waals surface area contributed by atoms with Gasteiger partial charge in [-0.1, -0.05) is 54.9 Å². The fourth-order valence-corrected chi connectivity index (χ4v) is 5.30. The van der Waals surface area contributed by atoms with Crippen LogP contribution < -0.4 is 10.6 Å². The minimum absolute atomic E-state index is 0.0820. The van der Waals surface area contributed by atoms with Crippen molar-refractivity contribution in [2.24, 2.45) is 5.92 Å². The van der Waals surface area contributed by atoms with Gasteiger partial charge in [0.2, 0.25) is 5.91 Å². The molecule has 0 saturated heterocycles. The SMILES string of the molecule is C=CCn1c(SCC(=O)Nc2c(F)cc(F)cc2Br)nnc1[C@H](CC(C)C)NC(=O)c1ccc(Cl)cc1Cl. The summed E-state index contributed by atoms with van der Waals surface area (Å²) in [7, 11) is 0. The summed E-state index contributed by atoms with van der Waals surface area (Å²) in [4.78, 5) is 25.6. The first kappa shape index (κ1) is 30.1. The van der Waals surface area contributed by atoms with Crippen molar-refractivity contribution in [1.82, 2.24) is 20.1 Å². The van der Waals surface area contributed by atoms with Crippen molar-refractivity contribution >= 4 is 68.4 Å². The van der Waals surface area contributed by atoms with Gasteiger partial charge in [-0.15, -0.1) is 16.8 Å². The van der Waals surface area contributed by atoms with E-state index in [1.54, 1.807) is 22.8 Å². The average molecular weight is 647 g/mol. The maximum Gasteiger partial charge on any atom is 0.253 e. The number of allylic oxidation sites excluding steroid dienone is 1. The maximum absolute atomic E-state index is 14.1. The molecule has 0 aliphatic carbocycles. The van der Waals surface area contributed by atoms with Crippen LogP contribution in [0.5, 0.6) is 0 Å². The number of hydrogen-bond donors (Lipinski definition) is 2. The molecular formula is C25H24BrCl2F2N5O2S. The van der Waals surface area contributed by atoms with E-state index in [0.717, 1.165) is 17.8 Å². The van der Waals surface area contributed by atoms with E-state index in [4.69, 9.17) is 23.2 Å². The normalized spacial score (nSPS) is 11.9. The number of benzene rings is 2. The molecule has 0 radical (unpaired) electrons. The first-order chi connectivity index (χ1) is 18.0. The van der Waals surface area contributed by atoms with E-state index in [2.05, 4.69) is 43.3 Å². The Balaban J connectivity index is 1.80. The van der Waals surface area contributed by atoms with Gasteiger partial charge in [0, 0.05) is 22.1 Å². The number of carbonyl (C=O) groups is 2. The van der Waals surface area contributed by atoms with Crippen LogP contribution in [0.2, 0.25) is 10.0 Å². The smallest absolute Gasteiger partial charge is 0.253 e. The number of nitrogens with one attached hydrogen (secondary N) is 2. The highest BCUT2D eigenvalue weighted by Gasteiger charge is 2.26. The molecule has 3 aromatic rings. The Morgan fingerprint density at radius 1 is 1.21 bits per heavy atom. The lowest BCUT2D eigenvalue weighted by molar-refractivity contribution is -0.113. The zero-order valence-corrected chi connectivity index (χ0v) is 24.3. The van der Waals surface area contributed by atoms with Crippen LogP contribution in [0.25, 0.3) is 0 Å². The number of nitrogens with zero attached hydrogens (tertiary/aromatic N) is 3. The number of hydrogen-bond acceptors (Lipinski definition) is 5. The van der Waals surface area contributed by atoms with Gasteiger partial charge in [-0.25, -0.2) is 8.78 Å². The molecule has 0 bridgehead atoms. The molecule has 0 aliphatic rings. The summed E-state index contributed by atoms with van der Waals surface area (Å²) in [5, 5.41) is 15.0. The van der Waals surface area contributed by atoms with Gasteiger partial charge in [0.1, 0.15) is 5.82 Å². The quantitative estimate of drug-likeness (QED) is 0.172. The summed E-state index contributed by atoms with van der Waals surface area (Å²) in [6.07, 6.45) is 2.20. The first-order valence-electron chi connectivity index (χ1n) is 11.4. The molecular weight excluding hydrogens is 623 g/mol. The molecule has 13 heteroatoms. The van der Waals surface area contributed by atoms with Gasteiger partial charge in [0.15, 0.2) is 16.8 Å². The fraction of sp³-hybridized carbons (Fsp3) is 0.280. The Bertz CT molecular complexity index is 1330. The van der Waals surface area contributed by atoms with E-state index in [1.807, 2.05) is 13.8 Å². The van der Waals surface area contributed by atoms with Crippen molar-refractivity contribution < 1.29 is 18.4 Å². The molecule has 0 saturated carbocycles. The van der Waals surface area contributed by atoms with Crippen LogP contribution in [-0.4, -0.2) is 32.3 Å². The Morgan fingerprint density at radius 3 is 2.58 bits per heavy atom. The van der Waals surface area contributed by atoms with Gasteiger partial charge in [-0.3, -0.25) is 9.59 Å². The van der Waals surface area contributed by atoms with Gasteiger partial charge in [0.25, 0.3) is 5.91 Å². The van der Waals surface area contributed by atoms with Gasteiger partial charge >= 0.3 is 0 Å². The predicted molar refractivity (Wildman–Crippen MR) is 150 cm³/mol. The molecule has 38 heavy (non-hydrogen) atoms. The minimum atomic E-state index is -0.902. The molecule has 0 spiro atoms. The number of thioether (sulfide) groups is 1. The third-order valence-corrected chi connectivity index (χ3v) is 7.30. The largest absolute Gasteiger partial charge is 0.342 e. The van der Waals surface area contributed by atoms with Gasteiger partial charge < -0.3 is 15.2 Å². The summed E-state index contributed by atoms with van der Waals surface area (Å²) in [5.74, 6) is -2.05. The summed E-state index contributed by atoms with van der Waals surface area (Å²) in [6.45, 7) is 8.12. The molecule has 2 amide bonds. The van der Waals surface area contributed by atoms with Crippen molar-refractivity contribution in [3.05, 3.63) is 80.5 Å². The highest BCUT2D eigenvalue weighted by atomic mass is 79.9. The molecule has 202 valence electrons. The number of amides is 2. The molecule has 1 aromatic heterocycles. The van der Waals surface area contributed by atoms with Crippen LogP contribution in [0.15, 0.2) is 52.6 Å². The number of halogens is 5.